The van der Waals surface area contributed by atoms with E-state index in [-0.39, 0.29) is 30.9 Å². The van der Waals surface area contributed by atoms with Crippen molar-refractivity contribution >= 4 is 151 Å². The van der Waals surface area contributed by atoms with Crippen molar-refractivity contribution in [1.29, 1.82) is 21.0 Å². The fourth-order valence-electron chi connectivity index (χ4n) is 14.2. The number of hydrogen-bond donors (Lipinski definition) is 8. The molecule has 0 radical (unpaired) electrons. The monoisotopic (exact) mass is 1700 g/mol. The van der Waals surface area contributed by atoms with Crippen LogP contribution in [0.2, 0.25) is 46.0 Å². The molecule has 4 saturated heterocycles. The van der Waals surface area contributed by atoms with E-state index in [4.69, 9.17) is 121 Å². The minimum atomic E-state index is -0.420. The van der Waals surface area contributed by atoms with E-state index in [1.807, 2.05) is 54.6 Å². The molecule has 17 rings (SSSR count). The maximum atomic E-state index is 11.4. The summed E-state index contributed by atoms with van der Waals surface area (Å²) >= 11 is 50.5. The predicted molar refractivity (Wildman–Crippen MR) is 449 cm³/mol. The molecule has 24 nitrogen and oxygen atoms in total. The molecule has 113 heavy (non-hydrogen) atoms. The minimum absolute atomic E-state index is 0.0392. The highest BCUT2D eigenvalue weighted by Crippen LogP contribution is 2.45. The number of benzene rings is 4. The predicted octanol–water partition coefficient (Wildman–Crippen LogP) is 19.2. The van der Waals surface area contributed by atoms with Crippen LogP contribution >= 0.6 is 104 Å². The summed E-state index contributed by atoms with van der Waals surface area (Å²) in [6.45, 7) is 6.94. The van der Waals surface area contributed by atoms with E-state index in [1.54, 1.807) is 24.4 Å². The maximum Gasteiger partial charge on any atom is 0.271 e. The van der Waals surface area contributed by atoms with Crippen molar-refractivity contribution in [3.8, 4) is 24.3 Å². The number of fused-ring (bicyclic) bond motifs is 2. The number of piperidine rings is 4. The molecule has 33 heteroatoms. The van der Waals surface area contributed by atoms with Gasteiger partial charge in [0.25, 0.3) is 11.1 Å². The van der Waals surface area contributed by atoms with E-state index in [2.05, 4.69) is 105 Å². The van der Waals surface area contributed by atoms with Gasteiger partial charge in [-0.1, -0.05) is 118 Å². The van der Waals surface area contributed by atoms with E-state index in [0.717, 1.165) is 89.9 Å². The number of nitrogens with two attached hydrogens (primary N) is 2. The van der Waals surface area contributed by atoms with Crippen LogP contribution in [-0.4, -0.2) is 111 Å². The summed E-state index contributed by atoms with van der Waals surface area (Å²) in [6, 6.07) is 33.3. The lowest BCUT2D eigenvalue weighted by Gasteiger charge is -2.44. The highest BCUT2D eigenvalue weighted by atomic mass is 35.5. The summed E-state index contributed by atoms with van der Waals surface area (Å²) in [5, 5.41) is 51.2. The molecule has 0 bridgehead atoms. The topological polar surface area (TPSA) is 371 Å². The Morgan fingerprint density at radius 3 is 1.30 bits per heavy atom. The molecule has 4 saturated carbocycles. The number of H-pyrrole nitrogens is 2. The van der Waals surface area contributed by atoms with Gasteiger partial charge < -0.3 is 42.5 Å². The SMILES string of the molecule is Clc1ncc(Cl)c(Cl)n1.N#Cc1cc(N)ccc1C1CC1.N#Cc1cc(Nc2ncc(Cl)c(=O)[nH]2)ccc1C1CC1.N#Cc1cc(Nc2ncc(Cl)c(Cl)n2)ccc1C1CC1.N#Cc1cc(Nc2ncc(Cl)c(NC[C@@H]3CCCN4CCCC[C@H]34)n2)ccc1C1CC1.NC[C@@H]1CCCN2CCCC[C@H]12.O=c1[nH]c(Cl)ncc1Cl. The van der Waals surface area contributed by atoms with E-state index in [1.165, 1.54) is 146 Å². The summed E-state index contributed by atoms with van der Waals surface area (Å²) in [5.74, 6) is 5.47. The zero-order valence-electron chi connectivity index (χ0n) is 61.5. The number of nitriles is 4. The van der Waals surface area contributed by atoms with Gasteiger partial charge >= 0.3 is 0 Å². The van der Waals surface area contributed by atoms with Crippen molar-refractivity contribution in [3.05, 3.63) is 215 Å². The van der Waals surface area contributed by atoms with Gasteiger partial charge in [-0.25, -0.2) is 29.9 Å². The Morgan fingerprint density at radius 2 is 0.850 bits per heavy atom. The third kappa shape index (κ3) is 25.2. The van der Waals surface area contributed by atoms with Crippen LogP contribution in [0.4, 0.5) is 46.4 Å². The largest absolute Gasteiger partial charge is 0.399 e. The van der Waals surface area contributed by atoms with Crippen LogP contribution in [0.3, 0.4) is 0 Å². The second kappa shape index (κ2) is 41.6. The number of aromatic nitrogens is 10. The van der Waals surface area contributed by atoms with Crippen molar-refractivity contribution in [3.63, 3.8) is 0 Å². The molecule has 4 aliphatic carbocycles. The molecule has 0 spiro atoms. The number of hydrogen-bond acceptors (Lipinski definition) is 22. The minimum Gasteiger partial charge on any atom is -0.399 e. The lowest BCUT2D eigenvalue weighted by molar-refractivity contribution is 0.0632. The first-order valence-corrected chi connectivity index (χ1v) is 40.9. The summed E-state index contributed by atoms with van der Waals surface area (Å²) in [4.78, 5) is 63.6. The van der Waals surface area contributed by atoms with Gasteiger partial charge in [0.15, 0.2) is 16.1 Å². The van der Waals surface area contributed by atoms with Crippen LogP contribution < -0.4 is 43.9 Å². The highest BCUT2D eigenvalue weighted by molar-refractivity contribution is 6.42. The van der Waals surface area contributed by atoms with Gasteiger partial charge in [0.05, 0.1) is 87.6 Å². The molecular formula is C80H83Cl9N22O2. The van der Waals surface area contributed by atoms with Gasteiger partial charge in [-0.15, -0.1) is 0 Å². The molecule has 9 aromatic rings. The maximum absolute atomic E-state index is 11.4. The summed E-state index contributed by atoms with van der Waals surface area (Å²) in [7, 11) is 0. The van der Waals surface area contributed by atoms with Crippen LogP contribution in [0.15, 0.2) is 113 Å². The van der Waals surface area contributed by atoms with Gasteiger partial charge in [-0.05, 0) is 265 Å². The average Bonchev–Trinajstić information content (AvgIpc) is 1.74. The van der Waals surface area contributed by atoms with Gasteiger partial charge in [0.2, 0.25) is 28.4 Å². The molecule has 0 unspecified atom stereocenters. The number of nitrogen functional groups attached to an aromatic ring is 1. The average molecular weight is 1700 g/mol. The molecule has 4 aliphatic heterocycles. The van der Waals surface area contributed by atoms with Crippen molar-refractivity contribution < 1.29 is 0 Å². The van der Waals surface area contributed by atoms with Gasteiger partial charge in [0.1, 0.15) is 15.1 Å². The van der Waals surface area contributed by atoms with Gasteiger partial charge in [-0.3, -0.25) is 19.6 Å². The van der Waals surface area contributed by atoms with E-state index >= 15 is 0 Å². The van der Waals surface area contributed by atoms with Crippen molar-refractivity contribution in [1.82, 2.24) is 59.6 Å². The molecule has 8 aliphatic rings. The number of anilines is 8. The molecule has 588 valence electrons. The molecule has 8 fully saturated rings. The van der Waals surface area contributed by atoms with Crippen LogP contribution in [0, 0.1) is 57.2 Å². The van der Waals surface area contributed by atoms with Crippen molar-refractivity contribution in [2.75, 3.05) is 66.3 Å². The Bertz CT molecular complexity index is 5080. The van der Waals surface area contributed by atoms with Gasteiger partial charge in [-0.2, -0.15) is 31.0 Å². The molecule has 5 aromatic heterocycles. The Kier molecular flexibility index (Phi) is 31.4. The van der Waals surface area contributed by atoms with Crippen molar-refractivity contribution in [2.24, 2.45) is 17.6 Å². The zero-order chi connectivity index (χ0) is 80.1. The Morgan fingerprint density at radius 1 is 0.434 bits per heavy atom. The van der Waals surface area contributed by atoms with E-state index < -0.39 is 11.1 Å². The smallest absolute Gasteiger partial charge is 0.271 e. The zero-order valence-corrected chi connectivity index (χ0v) is 68.3. The third-order valence-corrected chi connectivity index (χ3v) is 23.0. The molecule has 4 aromatic carbocycles. The molecule has 4 atom stereocenters. The molecule has 10 N–H and O–H groups in total. The van der Waals surface area contributed by atoms with Gasteiger partial charge in [0, 0.05) is 41.4 Å². The number of nitrogens with zero attached hydrogens (tertiary/aromatic N) is 14. The molecule has 0 amide bonds. The second-order valence-electron chi connectivity index (χ2n) is 28.6. The Labute approximate surface area is 700 Å². The molecular weight excluding hydrogens is 1620 g/mol. The van der Waals surface area contributed by atoms with Crippen LogP contribution in [0.1, 0.15) is 184 Å². The first kappa shape index (κ1) is 85.2. The first-order chi connectivity index (χ1) is 54.7. The molecule has 9 heterocycles. The number of halogens is 9. The van der Waals surface area contributed by atoms with E-state index in [9.17, 15) is 25.4 Å². The quantitative estimate of drug-likeness (QED) is 0.0285. The number of rotatable bonds is 14. The number of aromatic amines is 2. The highest BCUT2D eigenvalue weighted by Gasteiger charge is 2.35. The summed E-state index contributed by atoms with van der Waals surface area (Å²) in [6.07, 6.45) is 29.8. The van der Waals surface area contributed by atoms with Crippen LogP contribution in [0.25, 0.3) is 0 Å². The standard InChI is InChI=1S/C24H29ClN6.C14H10Cl2N4.C14H11ClN4O.C10H10N2.C10H20N2.C4HCl3N2.C4H2Cl2N2O/c25-21-15-28-24(29-19-8-9-20(16-6-7-16)18(12-19)13-26)30-23(21)27-14-17-4-3-11-31-10-2-1-5-22(17)31;15-12-7-18-14(20-13(12)16)19-10-3-4-11(8-1-2-8)9(5-10)6-17;15-12-7-17-14(19-13(12)20)18-10-3-4-11(8-1-2-8)9(5-10)6-16;11-6-8-5-9(12)3-4-10(8)7-1-2-7;11-8-9-4-3-7-12-6-2-1-5-10(9)12;5-2-1-8-4(7)9-3(2)6;5-2-1-7-4(6)8-3(2)9/h8-9,12,15-17,22H,1-7,10-11,14H2,(H2,27,28,29,30);3-5,7-8H,1-2H2,(H,18,19,20);3-5,7-8H,1-2H2,(H2,17,18,19,20);3-5,7H,1-2,12H2;9-10H,1-8,11H2;1H;1H,(H,7,8,9)/t17-,22+;;;;9-,10+;;/m0...0../s1. The summed E-state index contributed by atoms with van der Waals surface area (Å²) < 4.78 is 0. The number of nitrogens with one attached hydrogen (secondary N) is 6. The first-order valence-electron chi connectivity index (χ1n) is 37.5. The Hall–Kier alpha value is -8.67. The van der Waals surface area contributed by atoms with Crippen LogP contribution in [-0.2, 0) is 0 Å². The fourth-order valence-corrected chi connectivity index (χ4v) is 15.3. The third-order valence-electron chi connectivity index (χ3n) is 20.5. The van der Waals surface area contributed by atoms with E-state index in [0.29, 0.717) is 96.9 Å². The lowest BCUT2D eigenvalue weighted by atomic mass is 9.83. The van der Waals surface area contributed by atoms with Crippen LogP contribution in [0.5, 0.6) is 0 Å². The lowest BCUT2D eigenvalue weighted by Crippen LogP contribution is -2.49. The fraction of sp³-hybridized carbons (Fsp3) is 0.400. The second-order valence-corrected chi connectivity index (χ2v) is 32.0. The summed E-state index contributed by atoms with van der Waals surface area (Å²) in [5.41, 5.74) is 20.9. The normalized spacial score (nSPS) is 18.6. The van der Waals surface area contributed by atoms with Crippen molar-refractivity contribution in [2.45, 2.75) is 151 Å². The Balaban J connectivity index is 0.000000136.